The SMILES string of the molecule is CN=Cc1cnn2cc(-c3cnn([C@H]4CCCNC4)c3C)cc(Sc3ccccn3)c12. The summed E-state index contributed by atoms with van der Waals surface area (Å²) in [7, 11) is 1.78. The maximum atomic E-state index is 4.75. The highest BCUT2D eigenvalue weighted by molar-refractivity contribution is 7.99. The molecule has 4 aromatic heterocycles. The van der Waals surface area contributed by atoms with Gasteiger partial charge in [0, 0.05) is 59.5 Å². The maximum Gasteiger partial charge on any atom is 0.101 e. The molecule has 0 bridgehead atoms. The van der Waals surface area contributed by atoms with E-state index in [1.807, 2.05) is 47.5 Å². The number of hydrogen-bond acceptors (Lipinski definition) is 6. The molecule has 1 atom stereocenters. The molecule has 5 heterocycles. The van der Waals surface area contributed by atoms with Gasteiger partial charge in [0.1, 0.15) is 5.03 Å². The van der Waals surface area contributed by atoms with E-state index in [1.54, 1.807) is 18.8 Å². The molecule has 0 spiro atoms. The molecule has 158 valence electrons. The van der Waals surface area contributed by atoms with E-state index in [0.29, 0.717) is 6.04 Å². The van der Waals surface area contributed by atoms with Gasteiger partial charge in [-0.25, -0.2) is 9.50 Å². The molecule has 1 saturated heterocycles. The number of aliphatic imine (C=N–C) groups is 1. The Hall–Kier alpha value is -2.97. The summed E-state index contributed by atoms with van der Waals surface area (Å²) in [5.41, 5.74) is 5.45. The maximum absolute atomic E-state index is 4.75. The summed E-state index contributed by atoms with van der Waals surface area (Å²) in [6.07, 6.45) is 11.9. The molecule has 0 saturated carbocycles. The summed E-state index contributed by atoms with van der Waals surface area (Å²) in [5.74, 6) is 0. The van der Waals surface area contributed by atoms with Crippen molar-refractivity contribution in [3.8, 4) is 11.1 Å². The topological polar surface area (TPSA) is 72.4 Å². The normalized spacial score (nSPS) is 17.0. The van der Waals surface area contributed by atoms with Crippen molar-refractivity contribution in [3.05, 3.63) is 60.3 Å². The van der Waals surface area contributed by atoms with Crippen molar-refractivity contribution in [2.45, 2.75) is 35.7 Å². The quantitative estimate of drug-likeness (QED) is 0.483. The molecule has 0 unspecified atom stereocenters. The van der Waals surface area contributed by atoms with Crippen LogP contribution in [0.25, 0.3) is 16.6 Å². The van der Waals surface area contributed by atoms with Crippen molar-refractivity contribution in [2.75, 3.05) is 20.1 Å². The minimum Gasteiger partial charge on any atom is -0.315 e. The minimum absolute atomic E-state index is 0.408. The van der Waals surface area contributed by atoms with Crippen LogP contribution in [0.2, 0.25) is 0 Å². The second kappa shape index (κ2) is 8.64. The predicted molar refractivity (Wildman–Crippen MR) is 124 cm³/mol. The highest BCUT2D eigenvalue weighted by Crippen LogP contribution is 2.36. The summed E-state index contributed by atoms with van der Waals surface area (Å²) in [5, 5.41) is 13.8. The molecule has 31 heavy (non-hydrogen) atoms. The van der Waals surface area contributed by atoms with Crippen LogP contribution in [0.15, 0.2) is 64.0 Å². The van der Waals surface area contributed by atoms with Crippen LogP contribution in [0.3, 0.4) is 0 Å². The van der Waals surface area contributed by atoms with Gasteiger partial charge in [0.05, 0.1) is 24.0 Å². The average Bonchev–Trinajstić information content (AvgIpc) is 3.39. The molecule has 0 aromatic carbocycles. The third-order valence-corrected chi connectivity index (χ3v) is 6.68. The molecule has 8 heteroatoms. The third-order valence-electron chi connectivity index (χ3n) is 5.70. The van der Waals surface area contributed by atoms with E-state index < -0.39 is 0 Å². The number of hydrogen-bond donors (Lipinski definition) is 1. The molecule has 1 N–H and O–H groups in total. The van der Waals surface area contributed by atoms with Gasteiger partial charge in [-0.2, -0.15) is 10.2 Å². The van der Waals surface area contributed by atoms with Crippen LogP contribution < -0.4 is 5.32 Å². The summed E-state index contributed by atoms with van der Waals surface area (Å²) in [6, 6.07) is 8.59. The summed E-state index contributed by atoms with van der Waals surface area (Å²) in [4.78, 5) is 9.80. The Labute approximate surface area is 185 Å². The van der Waals surface area contributed by atoms with Crippen molar-refractivity contribution in [3.63, 3.8) is 0 Å². The minimum atomic E-state index is 0.408. The van der Waals surface area contributed by atoms with Crippen molar-refractivity contribution < 1.29 is 0 Å². The van der Waals surface area contributed by atoms with Crippen molar-refractivity contribution in [1.29, 1.82) is 0 Å². The van der Waals surface area contributed by atoms with Gasteiger partial charge in [-0.3, -0.25) is 9.67 Å². The lowest BCUT2D eigenvalue weighted by atomic mass is 10.1. The van der Waals surface area contributed by atoms with E-state index in [9.17, 15) is 0 Å². The Kier molecular flexibility index (Phi) is 5.57. The van der Waals surface area contributed by atoms with Gasteiger partial charge in [0.25, 0.3) is 0 Å². The number of piperidine rings is 1. The smallest absolute Gasteiger partial charge is 0.101 e. The van der Waals surface area contributed by atoms with Crippen LogP contribution >= 0.6 is 11.8 Å². The van der Waals surface area contributed by atoms with Gasteiger partial charge >= 0.3 is 0 Å². The molecule has 7 nitrogen and oxygen atoms in total. The number of aromatic nitrogens is 5. The summed E-state index contributed by atoms with van der Waals surface area (Å²) < 4.78 is 4.12. The van der Waals surface area contributed by atoms with Gasteiger partial charge in [0.2, 0.25) is 0 Å². The molecule has 0 radical (unpaired) electrons. The molecule has 4 aromatic rings. The Morgan fingerprint density at radius 2 is 2.19 bits per heavy atom. The highest BCUT2D eigenvalue weighted by atomic mass is 32.2. The molecule has 1 aliphatic heterocycles. The first-order valence-corrected chi connectivity index (χ1v) is 11.3. The summed E-state index contributed by atoms with van der Waals surface area (Å²) >= 11 is 1.64. The van der Waals surface area contributed by atoms with Crippen LogP contribution in [0.5, 0.6) is 0 Å². The fourth-order valence-corrected chi connectivity index (χ4v) is 5.18. The fourth-order valence-electron chi connectivity index (χ4n) is 4.20. The van der Waals surface area contributed by atoms with Crippen molar-refractivity contribution in [2.24, 2.45) is 4.99 Å². The molecule has 0 aliphatic carbocycles. The zero-order valence-electron chi connectivity index (χ0n) is 17.7. The molecular formula is C23H25N7S. The van der Waals surface area contributed by atoms with Crippen molar-refractivity contribution in [1.82, 2.24) is 29.7 Å². The lowest BCUT2D eigenvalue weighted by Crippen LogP contribution is -2.32. The molecule has 1 fully saturated rings. The second-order valence-corrected chi connectivity index (χ2v) is 8.79. The predicted octanol–water partition coefficient (Wildman–Crippen LogP) is 4.03. The van der Waals surface area contributed by atoms with E-state index in [4.69, 9.17) is 5.10 Å². The van der Waals surface area contributed by atoms with E-state index in [1.165, 1.54) is 12.1 Å². The van der Waals surface area contributed by atoms with Crippen LogP contribution in [0.4, 0.5) is 0 Å². The average molecular weight is 432 g/mol. The lowest BCUT2D eigenvalue weighted by Gasteiger charge is -2.24. The Morgan fingerprint density at radius 3 is 2.97 bits per heavy atom. The zero-order valence-corrected chi connectivity index (χ0v) is 18.5. The van der Waals surface area contributed by atoms with Crippen LogP contribution in [0.1, 0.15) is 30.1 Å². The molecular weight excluding hydrogens is 406 g/mol. The van der Waals surface area contributed by atoms with Crippen molar-refractivity contribution >= 4 is 23.5 Å². The number of fused-ring (bicyclic) bond motifs is 1. The van der Waals surface area contributed by atoms with E-state index in [0.717, 1.165) is 51.6 Å². The van der Waals surface area contributed by atoms with Crippen LogP contribution in [-0.4, -0.2) is 50.7 Å². The first-order valence-electron chi connectivity index (χ1n) is 10.5. The standard InChI is InChI=1S/C23H25N7S/c1-16-20(14-28-30(16)19-6-5-8-25-13-19)17-10-21(31-22-7-3-4-9-26-22)23-18(11-24-2)12-27-29(23)15-17/h3-4,7,9-12,14-15,19,25H,5-6,8,13H2,1-2H3/t19-/m0/s1. The number of nitrogens with zero attached hydrogens (tertiary/aromatic N) is 6. The number of pyridine rings is 2. The van der Waals surface area contributed by atoms with Gasteiger partial charge < -0.3 is 5.32 Å². The van der Waals surface area contributed by atoms with Gasteiger partial charge in [-0.05, 0) is 44.5 Å². The first kappa shape index (κ1) is 20.0. The molecule has 1 aliphatic rings. The van der Waals surface area contributed by atoms with Gasteiger partial charge in [-0.15, -0.1) is 0 Å². The largest absolute Gasteiger partial charge is 0.315 e. The van der Waals surface area contributed by atoms with E-state index >= 15 is 0 Å². The number of rotatable bonds is 5. The number of nitrogens with one attached hydrogen (secondary N) is 1. The van der Waals surface area contributed by atoms with Gasteiger partial charge in [-0.1, -0.05) is 17.8 Å². The van der Waals surface area contributed by atoms with Crippen LogP contribution in [-0.2, 0) is 0 Å². The Morgan fingerprint density at radius 1 is 1.26 bits per heavy atom. The lowest BCUT2D eigenvalue weighted by molar-refractivity contribution is 0.342. The van der Waals surface area contributed by atoms with Gasteiger partial charge in [0.15, 0.2) is 0 Å². The third kappa shape index (κ3) is 3.88. The highest BCUT2D eigenvalue weighted by Gasteiger charge is 2.20. The van der Waals surface area contributed by atoms with E-state index in [-0.39, 0.29) is 0 Å². The summed E-state index contributed by atoms with van der Waals surface area (Å²) in [6.45, 7) is 4.22. The fraction of sp³-hybridized carbons (Fsp3) is 0.304. The first-order chi connectivity index (χ1) is 15.2. The Balaban J connectivity index is 1.61. The molecule has 5 rings (SSSR count). The zero-order chi connectivity index (χ0) is 21.2. The Bertz CT molecular complexity index is 1220. The van der Waals surface area contributed by atoms with Crippen LogP contribution in [0, 0.1) is 6.92 Å². The van der Waals surface area contributed by atoms with E-state index in [2.05, 4.69) is 44.3 Å². The molecule has 0 amide bonds. The monoisotopic (exact) mass is 431 g/mol. The second-order valence-electron chi connectivity index (χ2n) is 7.73.